The molecule has 1 heterocycles. The topological polar surface area (TPSA) is 107 Å². The SMILES string of the molecule is C[N+](C)(C)CC(=O)[O-].O=S(=O)(O)CCCc1nccc2ccccc12. The number of fused-ring (bicyclic) bond motifs is 1. The highest BCUT2D eigenvalue weighted by Crippen LogP contribution is 2.17. The Hall–Kier alpha value is -2.03. The van der Waals surface area contributed by atoms with Gasteiger partial charge in [-0.15, -0.1) is 0 Å². The molecule has 0 unspecified atom stereocenters. The molecule has 0 bridgehead atoms. The van der Waals surface area contributed by atoms with Crippen molar-refractivity contribution >= 4 is 26.9 Å². The lowest BCUT2D eigenvalue weighted by molar-refractivity contribution is -0.864. The Kier molecular flexibility index (Phi) is 7.47. The first-order chi connectivity index (χ1) is 11.5. The molecule has 138 valence electrons. The Balaban J connectivity index is 0.000000333. The Morgan fingerprint density at radius 3 is 2.36 bits per heavy atom. The summed E-state index contributed by atoms with van der Waals surface area (Å²) in [6.07, 6.45) is 2.63. The van der Waals surface area contributed by atoms with Gasteiger partial charge >= 0.3 is 0 Å². The van der Waals surface area contributed by atoms with Crippen LogP contribution < -0.4 is 5.11 Å². The first kappa shape index (κ1) is 21.0. The van der Waals surface area contributed by atoms with Crippen LogP contribution in [0.15, 0.2) is 36.5 Å². The van der Waals surface area contributed by atoms with Crippen LogP contribution in [0.4, 0.5) is 0 Å². The molecule has 2 aromatic rings. The van der Waals surface area contributed by atoms with E-state index in [1.807, 2.05) is 30.3 Å². The Morgan fingerprint density at radius 2 is 1.84 bits per heavy atom. The van der Waals surface area contributed by atoms with E-state index in [9.17, 15) is 18.3 Å². The second kappa shape index (κ2) is 8.89. The van der Waals surface area contributed by atoms with E-state index in [-0.39, 0.29) is 12.3 Å². The average Bonchev–Trinajstić information content (AvgIpc) is 2.44. The Labute approximate surface area is 148 Å². The molecule has 0 saturated carbocycles. The quantitative estimate of drug-likeness (QED) is 0.588. The number of carboxylic acid groups (broad SMARTS) is 1. The Morgan fingerprint density at radius 1 is 1.20 bits per heavy atom. The lowest BCUT2D eigenvalue weighted by Gasteiger charge is -2.23. The van der Waals surface area contributed by atoms with Gasteiger partial charge in [0.15, 0.2) is 0 Å². The molecule has 0 amide bonds. The number of pyridine rings is 1. The standard InChI is InChI=1S/C12H13NO3S.C5H11NO2/c14-17(15,16)9-3-6-12-11-5-2-1-4-10(11)7-8-13-12;1-6(2,3)4-5(7)8/h1-2,4-5,7-8H,3,6,9H2,(H,14,15,16);4H2,1-3H3. The van der Waals surface area contributed by atoms with E-state index in [1.165, 1.54) is 0 Å². The molecular formula is C17H24N2O5S. The molecule has 1 N–H and O–H groups in total. The van der Waals surface area contributed by atoms with Gasteiger partial charge in [-0.25, -0.2) is 0 Å². The third-order valence-corrected chi connectivity index (χ3v) is 3.98. The number of likely N-dealkylation sites (N-methyl/N-ethyl adjacent to an activating group) is 1. The van der Waals surface area contributed by atoms with Crippen molar-refractivity contribution in [3.05, 3.63) is 42.2 Å². The summed E-state index contributed by atoms with van der Waals surface area (Å²) < 4.78 is 30.3. The molecule has 0 saturated heterocycles. The van der Waals surface area contributed by atoms with E-state index in [2.05, 4.69) is 4.98 Å². The molecule has 0 aliphatic carbocycles. The van der Waals surface area contributed by atoms with E-state index in [0.29, 0.717) is 17.3 Å². The van der Waals surface area contributed by atoms with Gasteiger partial charge in [0.25, 0.3) is 10.1 Å². The number of carbonyl (C=O) groups is 1. The normalized spacial score (nSPS) is 11.7. The predicted molar refractivity (Wildman–Crippen MR) is 94.4 cm³/mol. The third-order valence-electron chi connectivity index (χ3n) is 3.18. The number of carbonyl (C=O) groups excluding carboxylic acids is 1. The van der Waals surface area contributed by atoms with Crippen molar-refractivity contribution in [2.75, 3.05) is 33.4 Å². The first-order valence-electron chi connectivity index (χ1n) is 7.76. The van der Waals surface area contributed by atoms with Gasteiger partial charge in [0.05, 0.1) is 32.9 Å². The average molecular weight is 368 g/mol. The minimum atomic E-state index is -3.88. The number of quaternary nitrogens is 1. The summed E-state index contributed by atoms with van der Waals surface area (Å²) in [5.41, 5.74) is 0.867. The van der Waals surface area contributed by atoms with Crippen molar-refractivity contribution in [2.24, 2.45) is 0 Å². The highest BCUT2D eigenvalue weighted by atomic mass is 32.2. The van der Waals surface area contributed by atoms with Crippen LogP contribution in [0.3, 0.4) is 0 Å². The van der Waals surface area contributed by atoms with Crippen molar-refractivity contribution in [3.8, 4) is 0 Å². The zero-order valence-corrected chi connectivity index (χ0v) is 15.5. The fourth-order valence-corrected chi connectivity index (χ4v) is 2.70. The van der Waals surface area contributed by atoms with Crippen molar-refractivity contribution in [1.82, 2.24) is 4.98 Å². The highest BCUT2D eigenvalue weighted by Gasteiger charge is 2.07. The van der Waals surface area contributed by atoms with Gasteiger partial charge in [0, 0.05) is 17.3 Å². The fourth-order valence-electron chi connectivity index (χ4n) is 2.19. The van der Waals surface area contributed by atoms with Crippen LogP contribution in [0, 0.1) is 0 Å². The Bertz CT molecular complexity index is 808. The van der Waals surface area contributed by atoms with Gasteiger partial charge in [0.1, 0.15) is 6.54 Å². The van der Waals surface area contributed by atoms with Gasteiger partial charge in [-0.1, -0.05) is 24.3 Å². The second-order valence-electron chi connectivity index (χ2n) is 6.69. The number of rotatable bonds is 6. The minimum Gasteiger partial charge on any atom is -0.544 e. The zero-order valence-electron chi connectivity index (χ0n) is 14.7. The van der Waals surface area contributed by atoms with Gasteiger partial charge < -0.3 is 14.4 Å². The van der Waals surface area contributed by atoms with E-state index in [0.717, 1.165) is 16.5 Å². The molecule has 0 aliphatic heterocycles. The molecule has 7 nitrogen and oxygen atoms in total. The minimum absolute atomic E-state index is 0.0694. The lowest BCUT2D eigenvalue weighted by atomic mass is 10.1. The summed E-state index contributed by atoms with van der Waals surface area (Å²) in [6.45, 7) is 0.0694. The van der Waals surface area contributed by atoms with E-state index in [1.54, 1.807) is 27.3 Å². The molecule has 0 fully saturated rings. The van der Waals surface area contributed by atoms with Crippen molar-refractivity contribution in [2.45, 2.75) is 12.8 Å². The molecule has 0 atom stereocenters. The number of carboxylic acids is 1. The van der Waals surface area contributed by atoms with Crippen LogP contribution in [0.25, 0.3) is 10.8 Å². The summed E-state index contributed by atoms with van der Waals surface area (Å²) in [7, 11) is 1.53. The zero-order chi connectivity index (χ0) is 19.1. The molecule has 0 spiro atoms. The number of aliphatic carboxylic acids is 1. The number of aryl methyl sites for hydroxylation is 1. The molecule has 2 rings (SSSR count). The summed E-state index contributed by atoms with van der Waals surface area (Å²) in [6, 6.07) is 9.75. The van der Waals surface area contributed by atoms with Crippen LogP contribution in [0.2, 0.25) is 0 Å². The predicted octanol–water partition coefficient (Wildman–Crippen LogP) is 0.498. The van der Waals surface area contributed by atoms with Crippen LogP contribution in [0.5, 0.6) is 0 Å². The van der Waals surface area contributed by atoms with Gasteiger partial charge in [0.2, 0.25) is 0 Å². The smallest absolute Gasteiger partial charge is 0.264 e. The highest BCUT2D eigenvalue weighted by molar-refractivity contribution is 7.85. The number of hydrogen-bond acceptors (Lipinski definition) is 5. The summed E-state index contributed by atoms with van der Waals surface area (Å²) in [4.78, 5) is 14.1. The summed E-state index contributed by atoms with van der Waals surface area (Å²) in [5, 5.41) is 12.0. The lowest BCUT2D eigenvalue weighted by Crippen LogP contribution is -2.45. The van der Waals surface area contributed by atoms with Crippen molar-refractivity contribution in [3.63, 3.8) is 0 Å². The van der Waals surface area contributed by atoms with Crippen LogP contribution in [-0.4, -0.2) is 61.8 Å². The molecule has 0 radical (unpaired) electrons. The van der Waals surface area contributed by atoms with Crippen LogP contribution in [0.1, 0.15) is 12.1 Å². The van der Waals surface area contributed by atoms with Gasteiger partial charge in [-0.05, 0) is 24.3 Å². The maximum Gasteiger partial charge on any atom is 0.264 e. The van der Waals surface area contributed by atoms with Crippen molar-refractivity contribution < 1.29 is 27.4 Å². The van der Waals surface area contributed by atoms with Gasteiger partial charge in [-0.2, -0.15) is 8.42 Å². The molecule has 8 heteroatoms. The monoisotopic (exact) mass is 368 g/mol. The second-order valence-corrected chi connectivity index (χ2v) is 8.26. The van der Waals surface area contributed by atoms with Crippen LogP contribution in [-0.2, 0) is 21.3 Å². The first-order valence-corrected chi connectivity index (χ1v) is 9.37. The molecule has 0 aliphatic rings. The summed E-state index contributed by atoms with van der Waals surface area (Å²) in [5.74, 6) is -1.23. The fraction of sp³-hybridized carbons (Fsp3) is 0.412. The molecule has 1 aromatic heterocycles. The molecular weight excluding hydrogens is 344 g/mol. The number of aromatic nitrogens is 1. The maximum absolute atomic E-state index is 10.6. The number of benzene rings is 1. The summed E-state index contributed by atoms with van der Waals surface area (Å²) >= 11 is 0. The molecule has 25 heavy (non-hydrogen) atoms. The van der Waals surface area contributed by atoms with E-state index < -0.39 is 16.1 Å². The largest absolute Gasteiger partial charge is 0.544 e. The van der Waals surface area contributed by atoms with Crippen molar-refractivity contribution in [1.29, 1.82) is 0 Å². The van der Waals surface area contributed by atoms with Crippen LogP contribution >= 0.6 is 0 Å². The van der Waals surface area contributed by atoms with E-state index in [4.69, 9.17) is 4.55 Å². The molecule has 1 aromatic carbocycles. The third kappa shape index (κ3) is 9.13. The van der Waals surface area contributed by atoms with E-state index >= 15 is 0 Å². The number of hydrogen-bond donors (Lipinski definition) is 1. The van der Waals surface area contributed by atoms with Gasteiger partial charge in [-0.3, -0.25) is 9.54 Å². The number of nitrogens with zero attached hydrogens (tertiary/aromatic N) is 2. The maximum atomic E-state index is 10.6.